The van der Waals surface area contributed by atoms with Crippen LogP contribution >= 0.6 is 11.3 Å². The van der Waals surface area contributed by atoms with Gasteiger partial charge in [-0.25, -0.2) is 15.0 Å². The van der Waals surface area contributed by atoms with E-state index in [9.17, 15) is 4.79 Å². The van der Waals surface area contributed by atoms with Crippen molar-refractivity contribution in [2.24, 2.45) is 5.92 Å². The lowest BCUT2D eigenvalue weighted by molar-refractivity contribution is -0.119. The molecule has 1 saturated heterocycles. The zero-order valence-corrected chi connectivity index (χ0v) is 18.1. The number of pyridine rings is 2. The molecule has 2 N–H and O–H groups in total. The van der Waals surface area contributed by atoms with Gasteiger partial charge in [0.1, 0.15) is 11.6 Å². The van der Waals surface area contributed by atoms with E-state index in [2.05, 4.69) is 25.5 Å². The second-order valence-electron chi connectivity index (χ2n) is 7.65. The topological polar surface area (TPSA) is 83.0 Å². The molecular weight excluding hydrogens is 396 g/mol. The summed E-state index contributed by atoms with van der Waals surface area (Å²) in [6.45, 7) is 6.25. The number of hydrogen-bond acceptors (Lipinski definition) is 7. The highest BCUT2D eigenvalue weighted by Gasteiger charge is 2.22. The third-order valence-corrected chi connectivity index (χ3v) is 6.18. The lowest BCUT2D eigenvalue weighted by atomic mass is 9.98. The number of piperidine rings is 1. The van der Waals surface area contributed by atoms with Crippen LogP contribution in [0.25, 0.3) is 10.6 Å². The Bertz CT molecular complexity index is 1020. The van der Waals surface area contributed by atoms with Gasteiger partial charge in [-0.2, -0.15) is 0 Å². The number of carbonyl (C=O) groups excluding carboxylic acids is 1. The Labute approximate surface area is 180 Å². The minimum atomic E-state index is 0.0316. The van der Waals surface area contributed by atoms with Crippen LogP contribution in [0, 0.1) is 12.8 Å². The van der Waals surface area contributed by atoms with Gasteiger partial charge in [0, 0.05) is 39.0 Å². The Hall–Kier alpha value is -3.00. The van der Waals surface area contributed by atoms with Crippen molar-refractivity contribution >= 4 is 34.0 Å². The monoisotopic (exact) mass is 422 g/mol. The van der Waals surface area contributed by atoms with Crippen molar-refractivity contribution in [3.05, 3.63) is 48.3 Å². The van der Waals surface area contributed by atoms with Gasteiger partial charge >= 0.3 is 0 Å². The number of carbonyl (C=O) groups is 1. The summed E-state index contributed by atoms with van der Waals surface area (Å²) in [5.41, 5.74) is 2.04. The Morgan fingerprint density at radius 2 is 2.17 bits per heavy atom. The molecule has 1 aliphatic rings. The summed E-state index contributed by atoms with van der Waals surface area (Å²) in [7, 11) is 0. The molecule has 0 spiro atoms. The van der Waals surface area contributed by atoms with Gasteiger partial charge in [0.15, 0.2) is 5.13 Å². The van der Waals surface area contributed by atoms with E-state index < -0.39 is 0 Å². The second kappa shape index (κ2) is 9.21. The predicted octanol–water partition coefficient (Wildman–Crippen LogP) is 4.00. The van der Waals surface area contributed by atoms with Crippen molar-refractivity contribution in [1.82, 2.24) is 20.3 Å². The van der Waals surface area contributed by atoms with E-state index >= 15 is 0 Å². The van der Waals surface area contributed by atoms with E-state index in [1.54, 1.807) is 24.5 Å². The minimum Gasteiger partial charge on any atom is -0.356 e. The van der Waals surface area contributed by atoms with E-state index in [0.717, 1.165) is 65.4 Å². The van der Waals surface area contributed by atoms with Crippen LogP contribution in [0.4, 0.5) is 16.8 Å². The van der Waals surface area contributed by atoms with E-state index in [1.165, 1.54) is 0 Å². The number of hydrogen-bond donors (Lipinski definition) is 2. The van der Waals surface area contributed by atoms with Crippen LogP contribution in [0.15, 0.2) is 42.7 Å². The molecule has 4 heterocycles. The molecule has 0 aromatic carbocycles. The molecule has 7 nitrogen and oxygen atoms in total. The Morgan fingerprint density at radius 3 is 3.00 bits per heavy atom. The Balaban J connectivity index is 1.45. The third kappa shape index (κ3) is 5.13. The van der Waals surface area contributed by atoms with Crippen LogP contribution in [-0.4, -0.2) is 40.5 Å². The maximum Gasteiger partial charge on any atom is 0.216 e. The number of amides is 1. The maximum absolute atomic E-state index is 11.2. The van der Waals surface area contributed by atoms with E-state index in [0.29, 0.717) is 5.92 Å². The van der Waals surface area contributed by atoms with Crippen molar-refractivity contribution in [2.45, 2.75) is 26.7 Å². The van der Waals surface area contributed by atoms with Gasteiger partial charge in [-0.05, 0) is 55.5 Å². The molecule has 156 valence electrons. The van der Waals surface area contributed by atoms with Crippen LogP contribution in [0.3, 0.4) is 0 Å². The van der Waals surface area contributed by atoms with E-state index in [4.69, 9.17) is 4.98 Å². The molecule has 1 fully saturated rings. The van der Waals surface area contributed by atoms with Gasteiger partial charge in [0.2, 0.25) is 5.91 Å². The quantitative estimate of drug-likeness (QED) is 0.625. The number of rotatable bonds is 6. The summed E-state index contributed by atoms with van der Waals surface area (Å²) < 4.78 is 0. The fraction of sp³-hybridized carbons (Fsp3) is 0.364. The molecule has 8 heteroatoms. The van der Waals surface area contributed by atoms with Crippen molar-refractivity contribution in [2.75, 3.05) is 29.9 Å². The molecule has 1 aliphatic heterocycles. The van der Waals surface area contributed by atoms with Crippen LogP contribution < -0.4 is 15.5 Å². The smallest absolute Gasteiger partial charge is 0.216 e. The summed E-state index contributed by atoms with van der Waals surface area (Å²) >= 11 is 1.66. The molecule has 0 radical (unpaired) electrons. The average Bonchev–Trinajstić information content (AvgIpc) is 3.23. The van der Waals surface area contributed by atoms with Gasteiger partial charge in [-0.1, -0.05) is 17.4 Å². The van der Waals surface area contributed by atoms with Gasteiger partial charge in [-0.15, -0.1) is 0 Å². The van der Waals surface area contributed by atoms with E-state index in [-0.39, 0.29) is 5.91 Å². The lowest BCUT2D eigenvalue weighted by Crippen LogP contribution is -2.40. The Morgan fingerprint density at radius 1 is 1.27 bits per heavy atom. The first-order valence-electron chi connectivity index (χ1n) is 10.2. The summed E-state index contributed by atoms with van der Waals surface area (Å²) in [6.07, 6.45) is 5.93. The van der Waals surface area contributed by atoms with Crippen molar-refractivity contribution in [3.63, 3.8) is 0 Å². The summed E-state index contributed by atoms with van der Waals surface area (Å²) in [4.78, 5) is 28.3. The fourth-order valence-electron chi connectivity index (χ4n) is 3.60. The zero-order chi connectivity index (χ0) is 20.9. The number of aromatic nitrogens is 3. The van der Waals surface area contributed by atoms with Gasteiger partial charge in [0.05, 0.1) is 10.6 Å². The highest BCUT2D eigenvalue weighted by molar-refractivity contribution is 7.18. The Kier molecular flexibility index (Phi) is 6.23. The molecule has 0 saturated carbocycles. The third-order valence-electron chi connectivity index (χ3n) is 5.10. The molecule has 30 heavy (non-hydrogen) atoms. The molecule has 0 bridgehead atoms. The number of nitrogens with one attached hydrogen (secondary N) is 2. The largest absolute Gasteiger partial charge is 0.356 e. The first-order chi connectivity index (χ1) is 14.6. The normalized spacial score (nSPS) is 16.3. The summed E-state index contributed by atoms with van der Waals surface area (Å²) in [6, 6.07) is 9.89. The van der Waals surface area contributed by atoms with Crippen LogP contribution in [0.1, 0.15) is 25.3 Å². The van der Waals surface area contributed by atoms with Crippen molar-refractivity contribution < 1.29 is 4.79 Å². The van der Waals surface area contributed by atoms with Gasteiger partial charge in [-0.3, -0.25) is 4.79 Å². The minimum absolute atomic E-state index is 0.0316. The van der Waals surface area contributed by atoms with Crippen LogP contribution in [0.2, 0.25) is 0 Å². The summed E-state index contributed by atoms with van der Waals surface area (Å²) in [5, 5.41) is 7.23. The lowest BCUT2D eigenvalue weighted by Gasteiger charge is -2.32. The number of nitrogens with zero attached hydrogens (tertiary/aromatic N) is 4. The highest BCUT2D eigenvalue weighted by atomic mass is 32.1. The second-order valence-corrected chi connectivity index (χ2v) is 8.66. The van der Waals surface area contributed by atoms with Gasteiger partial charge in [0.25, 0.3) is 0 Å². The van der Waals surface area contributed by atoms with Crippen molar-refractivity contribution in [1.29, 1.82) is 0 Å². The number of aryl methyl sites for hydroxylation is 1. The molecule has 4 rings (SSSR count). The molecular formula is C22H26N6OS. The highest BCUT2D eigenvalue weighted by Crippen LogP contribution is 2.33. The molecule has 3 aromatic heterocycles. The predicted molar refractivity (Wildman–Crippen MR) is 121 cm³/mol. The number of thiazole rings is 1. The molecule has 3 aromatic rings. The maximum atomic E-state index is 11.2. The molecule has 1 amide bonds. The standard InChI is InChI=1S/C22H26N6OS/c1-15-8-9-23-21(11-15)27-20-7-3-6-18(26-20)19-13-25-22(30-19)28-10-4-5-17(14-28)12-24-16(2)29/h3,6-9,11,13,17H,4-5,10,12,14H2,1-2H3,(H,24,29)(H,23,26,27). The molecule has 1 unspecified atom stereocenters. The van der Waals surface area contributed by atoms with Crippen LogP contribution in [0.5, 0.6) is 0 Å². The van der Waals surface area contributed by atoms with E-state index in [1.807, 2.05) is 43.5 Å². The average molecular weight is 423 g/mol. The molecule has 0 aliphatic carbocycles. The SMILES string of the molecule is CC(=O)NCC1CCCN(c2ncc(-c3cccc(Nc4cc(C)ccn4)n3)s2)C1. The number of anilines is 3. The first-order valence-corrected chi connectivity index (χ1v) is 11.0. The van der Waals surface area contributed by atoms with Gasteiger partial charge < -0.3 is 15.5 Å². The zero-order valence-electron chi connectivity index (χ0n) is 17.3. The first kappa shape index (κ1) is 20.3. The summed E-state index contributed by atoms with van der Waals surface area (Å²) in [5.74, 6) is 2.03. The van der Waals surface area contributed by atoms with Crippen LogP contribution in [-0.2, 0) is 4.79 Å². The fourth-order valence-corrected chi connectivity index (χ4v) is 4.52. The molecule has 1 atom stereocenters. The van der Waals surface area contributed by atoms with Crippen molar-refractivity contribution in [3.8, 4) is 10.6 Å².